The highest BCUT2D eigenvalue weighted by Gasteiger charge is 2.21. The Morgan fingerprint density at radius 2 is 0.920 bits per heavy atom. The van der Waals surface area contributed by atoms with Gasteiger partial charge in [0.15, 0.2) is 11.6 Å². The Hall–Kier alpha value is -6.85. The lowest BCUT2D eigenvalue weighted by Gasteiger charge is -2.12. The van der Waals surface area contributed by atoms with E-state index in [0.717, 1.165) is 60.3 Å². The molecule has 0 amide bonds. The molecule has 234 valence electrons. The summed E-state index contributed by atoms with van der Waals surface area (Å²) in [6.07, 6.45) is 0. The second-order valence-corrected chi connectivity index (χ2v) is 12.2. The normalized spacial score (nSPS) is 13.0. The molecule has 0 aliphatic heterocycles. The molecule has 5 heteroatoms. The lowest BCUT2D eigenvalue weighted by molar-refractivity contribution is 0.953. The molecule has 0 saturated carbocycles. The number of aromatic nitrogens is 5. The van der Waals surface area contributed by atoms with Crippen molar-refractivity contribution in [2.45, 2.75) is 0 Å². The monoisotopic (exact) mass is 644 g/mol. The number of para-hydroxylation sites is 3. The maximum absolute atomic E-state index is 8.94. The Balaban J connectivity index is 1.30. The Kier molecular flexibility index (Phi) is 5.35. The average molecular weight is 645 g/mol. The predicted molar refractivity (Wildman–Crippen MR) is 205 cm³/mol. The fourth-order valence-electron chi connectivity index (χ4n) is 7.02. The Bertz CT molecular complexity index is 3130. The Morgan fingerprint density at radius 1 is 0.380 bits per heavy atom. The first-order valence-corrected chi connectivity index (χ1v) is 16.4. The number of hydrogen-bond acceptors (Lipinski definition) is 3. The molecule has 0 aliphatic rings. The molecule has 0 bridgehead atoms. The van der Waals surface area contributed by atoms with Crippen molar-refractivity contribution in [1.29, 1.82) is 0 Å². The van der Waals surface area contributed by atoms with E-state index in [1.54, 1.807) is 4.57 Å². The van der Waals surface area contributed by atoms with Gasteiger partial charge in [0.25, 0.3) is 0 Å². The molecule has 3 heterocycles. The summed E-state index contributed by atoms with van der Waals surface area (Å²) in [5, 5.41) is 3.74. The average Bonchev–Trinajstić information content (AvgIpc) is 3.74. The van der Waals surface area contributed by atoms with Crippen molar-refractivity contribution in [3.8, 4) is 45.5 Å². The van der Waals surface area contributed by atoms with Gasteiger partial charge in [-0.15, -0.1) is 0 Å². The van der Waals surface area contributed by atoms with Gasteiger partial charge in [0.2, 0.25) is 5.95 Å². The lowest BCUT2D eigenvalue weighted by atomic mass is 10.0. The van der Waals surface area contributed by atoms with E-state index in [2.05, 4.69) is 36.4 Å². The number of rotatable bonds is 5. The first-order chi connectivity index (χ1) is 26.9. The zero-order chi connectivity index (χ0) is 37.4. The zero-order valence-electron chi connectivity index (χ0n) is 31.6. The van der Waals surface area contributed by atoms with Crippen molar-refractivity contribution in [3.63, 3.8) is 0 Å². The van der Waals surface area contributed by atoms with Crippen LogP contribution >= 0.6 is 0 Å². The van der Waals surface area contributed by atoms with Gasteiger partial charge in [0.1, 0.15) is 0 Å². The Morgan fingerprint density at radius 3 is 1.62 bits per heavy atom. The number of nitrogens with zero attached hydrogens (tertiary/aromatic N) is 5. The Labute approximate surface area is 295 Å². The minimum absolute atomic E-state index is 0.0892. The summed E-state index contributed by atoms with van der Waals surface area (Å²) in [5.74, 6) is 1.46. The van der Waals surface area contributed by atoms with Crippen molar-refractivity contribution in [1.82, 2.24) is 24.1 Å². The van der Waals surface area contributed by atoms with E-state index < -0.39 is 6.04 Å². The van der Waals surface area contributed by atoms with Crippen LogP contribution in [0.15, 0.2) is 176 Å². The molecule has 0 radical (unpaired) electrons. The molecule has 5 nitrogen and oxygen atoms in total. The van der Waals surface area contributed by atoms with E-state index in [0.29, 0.717) is 23.1 Å². The van der Waals surface area contributed by atoms with E-state index in [9.17, 15) is 0 Å². The first kappa shape index (κ1) is 23.5. The van der Waals surface area contributed by atoms with Crippen LogP contribution in [0.3, 0.4) is 0 Å². The van der Waals surface area contributed by atoms with Gasteiger partial charge in [-0.05, 0) is 53.5 Å². The van der Waals surface area contributed by atoms with Crippen LogP contribution in [0.2, 0.25) is 0 Å². The van der Waals surface area contributed by atoms with Crippen molar-refractivity contribution in [3.05, 3.63) is 176 Å². The fourth-order valence-corrected chi connectivity index (χ4v) is 7.02. The summed E-state index contributed by atoms with van der Waals surface area (Å²) in [4.78, 5) is 15.3. The zero-order valence-corrected chi connectivity index (χ0v) is 26.6. The highest BCUT2D eigenvalue weighted by Crippen LogP contribution is 2.39. The van der Waals surface area contributed by atoms with Crippen LogP contribution in [0.1, 0.15) is 6.85 Å². The highest BCUT2D eigenvalue weighted by atomic mass is 15.2. The predicted octanol–water partition coefficient (Wildman–Crippen LogP) is 11.1. The summed E-state index contributed by atoms with van der Waals surface area (Å²) in [6, 6.07) is 46.5. The molecule has 0 unspecified atom stereocenters. The van der Waals surface area contributed by atoms with E-state index >= 15 is 0 Å². The van der Waals surface area contributed by atoms with Crippen LogP contribution in [-0.4, -0.2) is 24.1 Å². The van der Waals surface area contributed by atoms with E-state index in [1.807, 2.05) is 114 Å². The van der Waals surface area contributed by atoms with Crippen molar-refractivity contribution in [2.24, 2.45) is 0 Å². The smallest absolute Gasteiger partial charge is 0.238 e. The largest absolute Gasteiger partial charge is 0.309 e. The topological polar surface area (TPSA) is 48.5 Å². The molecule has 0 saturated heterocycles. The second-order valence-electron chi connectivity index (χ2n) is 12.2. The van der Waals surface area contributed by atoms with Crippen molar-refractivity contribution in [2.75, 3.05) is 0 Å². The van der Waals surface area contributed by atoms with Crippen molar-refractivity contribution >= 4 is 43.6 Å². The molecule has 50 heavy (non-hydrogen) atoms. The maximum Gasteiger partial charge on any atom is 0.238 e. The molecule has 10 aromatic rings. The van der Waals surface area contributed by atoms with E-state index in [1.165, 1.54) is 0 Å². The van der Waals surface area contributed by atoms with Crippen LogP contribution in [0, 0.1) is 0 Å². The minimum Gasteiger partial charge on any atom is -0.309 e. The molecule has 0 spiro atoms. The van der Waals surface area contributed by atoms with Crippen LogP contribution in [0.5, 0.6) is 0 Å². The fraction of sp³-hybridized carbons (Fsp3) is 0. The van der Waals surface area contributed by atoms with Gasteiger partial charge in [-0.3, -0.25) is 4.57 Å². The quantitative estimate of drug-likeness (QED) is 0.187. The molecular weight excluding hydrogens is 611 g/mol. The molecule has 0 atom stereocenters. The van der Waals surface area contributed by atoms with Gasteiger partial charge in [0.05, 0.1) is 28.9 Å². The standard InChI is InChI=1S/C45H29N5/c1-4-15-30(16-5-1)32-19-14-20-33(27-32)44-46-43(31-17-6-2-7-18-31)47-45(48-44)50-40-26-13-11-24-36(40)38-28-37-35-23-10-12-25-39(35)49(41(37)29-42(38)50)34-21-8-3-9-22-34/h1-29H/i3D,8D,9D,21D,22D. The summed E-state index contributed by atoms with van der Waals surface area (Å²) >= 11 is 0. The number of benzene rings is 7. The minimum atomic E-state index is -0.434. The van der Waals surface area contributed by atoms with Crippen LogP contribution in [-0.2, 0) is 0 Å². The summed E-state index contributed by atoms with van der Waals surface area (Å²) in [5.41, 5.74) is 6.99. The summed E-state index contributed by atoms with van der Waals surface area (Å²) in [6.45, 7) is 0. The maximum atomic E-state index is 8.94. The SMILES string of the molecule is [2H]c1c([2H])c([2H])c(-n2c3ccccc3c3cc4c5ccccc5n(-c5nc(-c6ccccc6)nc(-c6cccc(-c7ccccc7)c6)n5)c4cc32)c([2H])c1[2H]. The lowest BCUT2D eigenvalue weighted by Crippen LogP contribution is -2.06. The molecule has 0 N–H and O–H groups in total. The van der Waals surface area contributed by atoms with Crippen LogP contribution in [0.4, 0.5) is 0 Å². The first-order valence-electron chi connectivity index (χ1n) is 18.9. The number of hydrogen-bond donors (Lipinski definition) is 0. The summed E-state index contributed by atoms with van der Waals surface area (Å²) in [7, 11) is 0. The molecule has 0 fully saturated rings. The molecule has 10 rings (SSSR count). The van der Waals surface area contributed by atoms with Gasteiger partial charge < -0.3 is 4.57 Å². The van der Waals surface area contributed by atoms with Gasteiger partial charge >= 0.3 is 0 Å². The highest BCUT2D eigenvalue weighted by molar-refractivity contribution is 6.19. The van der Waals surface area contributed by atoms with Crippen LogP contribution in [0.25, 0.3) is 89.2 Å². The molecule has 3 aromatic heterocycles. The van der Waals surface area contributed by atoms with Gasteiger partial charge in [0, 0.05) is 38.4 Å². The third-order valence-corrected chi connectivity index (χ3v) is 9.26. The molecule has 7 aromatic carbocycles. The number of fused-ring (bicyclic) bond motifs is 6. The van der Waals surface area contributed by atoms with Gasteiger partial charge in [-0.25, -0.2) is 4.98 Å². The van der Waals surface area contributed by atoms with E-state index in [4.69, 9.17) is 21.8 Å². The van der Waals surface area contributed by atoms with E-state index in [-0.39, 0.29) is 29.9 Å². The van der Waals surface area contributed by atoms with Gasteiger partial charge in [-0.1, -0.05) is 133 Å². The second kappa shape index (κ2) is 11.4. The van der Waals surface area contributed by atoms with Gasteiger partial charge in [-0.2, -0.15) is 9.97 Å². The third-order valence-electron chi connectivity index (χ3n) is 9.26. The third kappa shape index (κ3) is 4.52. The molecule has 0 aliphatic carbocycles. The van der Waals surface area contributed by atoms with Crippen LogP contribution < -0.4 is 0 Å². The van der Waals surface area contributed by atoms with Crippen molar-refractivity contribution < 1.29 is 6.85 Å². The molecular formula is C45H29N5. The summed E-state index contributed by atoms with van der Waals surface area (Å²) < 4.78 is 47.0.